The van der Waals surface area contributed by atoms with E-state index >= 15 is 0 Å². The second kappa shape index (κ2) is 7.80. The highest BCUT2D eigenvalue weighted by atomic mass is 32.2. The second-order valence-corrected chi connectivity index (χ2v) is 6.99. The molecule has 25 heavy (non-hydrogen) atoms. The van der Waals surface area contributed by atoms with Gasteiger partial charge in [0.1, 0.15) is 5.82 Å². The average Bonchev–Trinajstić information content (AvgIpc) is 2.60. The predicted molar refractivity (Wildman–Crippen MR) is 101 cm³/mol. The van der Waals surface area contributed by atoms with Crippen molar-refractivity contribution in [3.63, 3.8) is 0 Å². The molecule has 130 valence electrons. The SMILES string of the molecule is CN(C)CCn1c(SCc2ccccc2F)nc2ccccc2c1=O. The van der Waals surface area contributed by atoms with Gasteiger partial charge >= 0.3 is 0 Å². The van der Waals surface area contributed by atoms with Crippen molar-refractivity contribution in [1.29, 1.82) is 0 Å². The second-order valence-electron chi connectivity index (χ2n) is 6.05. The largest absolute Gasteiger partial charge is 0.308 e. The van der Waals surface area contributed by atoms with Crippen LogP contribution in [0.3, 0.4) is 0 Å². The first kappa shape index (κ1) is 17.6. The Labute approximate surface area is 150 Å². The number of rotatable bonds is 6. The Hall–Kier alpha value is -2.18. The lowest BCUT2D eigenvalue weighted by atomic mass is 10.2. The molecular formula is C19H20FN3OS. The molecule has 0 atom stereocenters. The number of thioether (sulfide) groups is 1. The summed E-state index contributed by atoms with van der Waals surface area (Å²) in [6, 6.07) is 14.0. The van der Waals surface area contributed by atoms with E-state index < -0.39 is 0 Å². The molecule has 0 bridgehead atoms. The maximum absolute atomic E-state index is 13.9. The molecule has 0 aliphatic carbocycles. The number of hydrogen-bond donors (Lipinski definition) is 0. The van der Waals surface area contributed by atoms with Gasteiger partial charge in [-0.3, -0.25) is 9.36 Å². The summed E-state index contributed by atoms with van der Waals surface area (Å²) < 4.78 is 15.6. The number of benzene rings is 2. The van der Waals surface area contributed by atoms with E-state index in [9.17, 15) is 9.18 Å². The summed E-state index contributed by atoms with van der Waals surface area (Å²) in [5.74, 6) is 0.192. The molecule has 1 heterocycles. The fraction of sp³-hybridized carbons (Fsp3) is 0.263. The van der Waals surface area contributed by atoms with Crippen LogP contribution in [0, 0.1) is 5.82 Å². The lowest BCUT2D eigenvalue weighted by Crippen LogP contribution is -2.28. The summed E-state index contributed by atoms with van der Waals surface area (Å²) >= 11 is 1.39. The minimum Gasteiger partial charge on any atom is -0.308 e. The molecular weight excluding hydrogens is 337 g/mol. The van der Waals surface area contributed by atoms with Crippen molar-refractivity contribution < 1.29 is 4.39 Å². The summed E-state index contributed by atoms with van der Waals surface area (Å²) in [5.41, 5.74) is 1.22. The van der Waals surface area contributed by atoms with E-state index in [1.807, 2.05) is 43.3 Å². The van der Waals surface area contributed by atoms with Gasteiger partial charge in [-0.2, -0.15) is 0 Å². The topological polar surface area (TPSA) is 38.1 Å². The molecule has 0 saturated heterocycles. The van der Waals surface area contributed by atoms with Gasteiger partial charge in [0, 0.05) is 18.8 Å². The monoisotopic (exact) mass is 357 g/mol. The summed E-state index contributed by atoms with van der Waals surface area (Å²) in [4.78, 5) is 19.5. The third-order valence-electron chi connectivity index (χ3n) is 3.91. The molecule has 0 radical (unpaired) electrons. The fourth-order valence-electron chi connectivity index (χ4n) is 2.51. The molecule has 0 unspecified atom stereocenters. The Morgan fingerprint density at radius 2 is 1.84 bits per heavy atom. The summed E-state index contributed by atoms with van der Waals surface area (Å²) in [7, 11) is 3.93. The van der Waals surface area contributed by atoms with Crippen molar-refractivity contribution >= 4 is 22.7 Å². The van der Waals surface area contributed by atoms with E-state index in [0.717, 1.165) is 6.54 Å². The van der Waals surface area contributed by atoms with Gasteiger partial charge in [-0.1, -0.05) is 42.1 Å². The average molecular weight is 357 g/mol. The van der Waals surface area contributed by atoms with Crippen molar-refractivity contribution in [2.24, 2.45) is 0 Å². The molecule has 3 aromatic rings. The van der Waals surface area contributed by atoms with Crippen LogP contribution in [0.4, 0.5) is 4.39 Å². The van der Waals surface area contributed by atoms with Crippen molar-refractivity contribution in [3.8, 4) is 0 Å². The molecule has 0 fully saturated rings. The Morgan fingerprint density at radius 1 is 1.12 bits per heavy atom. The van der Waals surface area contributed by atoms with Gasteiger partial charge < -0.3 is 4.90 Å². The molecule has 4 nitrogen and oxygen atoms in total. The lowest BCUT2D eigenvalue weighted by Gasteiger charge is -2.15. The van der Waals surface area contributed by atoms with Crippen LogP contribution in [0.15, 0.2) is 58.5 Å². The fourth-order valence-corrected chi connectivity index (χ4v) is 3.52. The van der Waals surface area contributed by atoms with Crippen LogP contribution in [0.2, 0.25) is 0 Å². The predicted octanol–water partition coefficient (Wildman–Crippen LogP) is 3.39. The molecule has 0 N–H and O–H groups in total. The maximum atomic E-state index is 13.9. The molecule has 2 aromatic carbocycles. The first-order valence-corrected chi connectivity index (χ1v) is 9.05. The first-order chi connectivity index (χ1) is 12.1. The molecule has 0 amide bonds. The highest BCUT2D eigenvalue weighted by molar-refractivity contribution is 7.98. The Morgan fingerprint density at radius 3 is 2.60 bits per heavy atom. The summed E-state index contributed by atoms with van der Waals surface area (Å²) in [6.45, 7) is 1.27. The van der Waals surface area contributed by atoms with Crippen LogP contribution >= 0.6 is 11.8 Å². The van der Waals surface area contributed by atoms with Crippen LogP contribution < -0.4 is 5.56 Å². The van der Waals surface area contributed by atoms with Crippen LogP contribution in [-0.2, 0) is 12.3 Å². The number of halogens is 1. The van der Waals surface area contributed by atoms with Crippen LogP contribution in [0.1, 0.15) is 5.56 Å². The molecule has 0 aliphatic rings. The zero-order valence-corrected chi connectivity index (χ0v) is 15.1. The smallest absolute Gasteiger partial charge is 0.262 e. The van der Waals surface area contributed by atoms with Crippen molar-refractivity contribution in [3.05, 3.63) is 70.3 Å². The van der Waals surface area contributed by atoms with Crippen molar-refractivity contribution in [1.82, 2.24) is 14.5 Å². The van der Waals surface area contributed by atoms with E-state index in [1.165, 1.54) is 17.8 Å². The number of nitrogens with zero attached hydrogens (tertiary/aromatic N) is 3. The van der Waals surface area contributed by atoms with Crippen LogP contribution in [0.25, 0.3) is 10.9 Å². The highest BCUT2D eigenvalue weighted by Gasteiger charge is 2.12. The van der Waals surface area contributed by atoms with Gasteiger partial charge in [0.05, 0.1) is 10.9 Å². The lowest BCUT2D eigenvalue weighted by molar-refractivity contribution is 0.371. The molecule has 6 heteroatoms. The van der Waals surface area contributed by atoms with Crippen molar-refractivity contribution in [2.75, 3.05) is 20.6 Å². The van der Waals surface area contributed by atoms with E-state index in [2.05, 4.69) is 4.98 Å². The number of fused-ring (bicyclic) bond motifs is 1. The minimum atomic E-state index is -0.238. The first-order valence-electron chi connectivity index (χ1n) is 8.07. The maximum Gasteiger partial charge on any atom is 0.262 e. The highest BCUT2D eigenvalue weighted by Crippen LogP contribution is 2.23. The van der Waals surface area contributed by atoms with Gasteiger partial charge in [-0.25, -0.2) is 9.37 Å². The normalized spacial score (nSPS) is 11.4. The number of para-hydroxylation sites is 1. The zero-order chi connectivity index (χ0) is 17.8. The Bertz CT molecular complexity index is 939. The minimum absolute atomic E-state index is 0.0523. The van der Waals surface area contributed by atoms with Gasteiger partial charge in [0.15, 0.2) is 5.16 Å². The summed E-state index contributed by atoms with van der Waals surface area (Å²) in [6.07, 6.45) is 0. The van der Waals surface area contributed by atoms with E-state index in [-0.39, 0.29) is 11.4 Å². The van der Waals surface area contributed by atoms with Crippen LogP contribution in [0.5, 0.6) is 0 Å². The Kier molecular flexibility index (Phi) is 5.50. The third kappa shape index (κ3) is 4.08. The zero-order valence-electron chi connectivity index (χ0n) is 14.3. The van der Waals surface area contributed by atoms with E-state index in [4.69, 9.17) is 0 Å². The number of aromatic nitrogens is 2. The van der Waals surface area contributed by atoms with Gasteiger partial charge in [-0.15, -0.1) is 0 Å². The standard InChI is InChI=1S/C19H20FN3OS/c1-22(2)11-12-23-18(24)15-8-4-6-10-17(15)21-19(23)25-13-14-7-3-5-9-16(14)20/h3-10H,11-13H2,1-2H3. The van der Waals surface area contributed by atoms with E-state index in [1.54, 1.807) is 22.8 Å². The van der Waals surface area contributed by atoms with Crippen LogP contribution in [-0.4, -0.2) is 35.1 Å². The van der Waals surface area contributed by atoms with Crippen molar-refractivity contribution in [2.45, 2.75) is 17.5 Å². The molecule has 0 aliphatic heterocycles. The number of likely N-dealkylation sites (N-methyl/N-ethyl adjacent to an activating group) is 1. The molecule has 0 spiro atoms. The van der Waals surface area contributed by atoms with Gasteiger partial charge in [0.25, 0.3) is 5.56 Å². The number of hydrogen-bond acceptors (Lipinski definition) is 4. The Balaban J connectivity index is 1.98. The summed E-state index contributed by atoms with van der Waals surface area (Å²) in [5, 5.41) is 1.23. The molecule has 3 rings (SSSR count). The molecule has 1 aromatic heterocycles. The van der Waals surface area contributed by atoms with Gasteiger partial charge in [-0.05, 0) is 37.9 Å². The van der Waals surface area contributed by atoms with E-state index in [0.29, 0.717) is 33.9 Å². The third-order valence-corrected chi connectivity index (χ3v) is 4.94. The van der Waals surface area contributed by atoms with Gasteiger partial charge in [0.2, 0.25) is 0 Å². The molecule has 0 saturated carbocycles. The quantitative estimate of drug-likeness (QED) is 0.501.